The molecule has 0 radical (unpaired) electrons. The summed E-state index contributed by atoms with van der Waals surface area (Å²) in [5.74, 6) is -0.493. The fraction of sp³-hybridized carbons (Fsp3) is 0.269. The molecule has 13 heteroatoms. The van der Waals surface area contributed by atoms with Crippen LogP contribution >= 0.6 is 24.7 Å². The second-order valence-electron chi connectivity index (χ2n) is 8.09. The molecule has 2 aromatic heterocycles. The van der Waals surface area contributed by atoms with Crippen LogP contribution in [0.2, 0.25) is 0 Å². The van der Waals surface area contributed by atoms with Gasteiger partial charge >= 0.3 is 6.18 Å². The van der Waals surface area contributed by atoms with E-state index in [2.05, 4.69) is 36.5 Å². The van der Waals surface area contributed by atoms with Gasteiger partial charge in [0, 0.05) is 63.2 Å². The molecule has 8 nitrogen and oxygen atoms in total. The maximum absolute atomic E-state index is 13.8. The summed E-state index contributed by atoms with van der Waals surface area (Å²) < 4.78 is 48.7. The number of nitrogens with zero attached hydrogens (tertiary/aromatic N) is 3. The van der Waals surface area contributed by atoms with Gasteiger partial charge in [-0.25, -0.2) is 4.98 Å². The Balaban J connectivity index is 0.00000134. The van der Waals surface area contributed by atoms with E-state index in [0.717, 1.165) is 11.7 Å². The van der Waals surface area contributed by atoms with Crippen molar-refractivity contribution in [2.24, 2.45) is 7.05 Å². The van der Waals surface area contributed by atoms with E-state index in [0.29, 0.717) is 37.2 Å². The summed E-state index contributed by atoms with van der Waals surface area (Å²) in [5, 5.41) is 14.0. The van der Waals surface area contributed by atoms with Gasteiger partial charge in [-0.2, -0.15) is 18.2 Å². The summed E-state index contributed by atoms with van der Waals surface area (Å²) in [6, 6.07) is 12.3. The lowest BCUT2D eigenvalue weighted by Gasteiger charge is -2.16. The second-order valence-corrected chi connectivity index (χ2v) is 9.87. The van der Waals surface area contributed by atoms with E-state index in [9.17, 15) is 18.0 Å². The van der Waals surface area contributed by atoms with Crippen molar-refractivity contribution < 1.29 is 22.8 Å². The third-order valence-electron chi connectivity index (χ3n) is 5.27. The van der Waals surface area contributed by atoms with Gasteiger partial charge < -0.3 is 24.8 Å². The first-order valence-electron chi connectivity index (χ1n) is 11.9. The molecule has 0 aliphatic rings. The van der Waals surface area contributed by atoms with Gasteiger partial charge in [-0.1, -0.05) is 28.1 Å². The maximum atomic E-state index is 13.8. The minimum Gasteiger partial charge on any atom is -0.397 e. The van der Waals surface area contributed by atoms with Crippen molar-refractivity contribution in [1.29, 1.82) is 0 Å². The fourth-order valence-corrected chi connectivity index (χ4v) is 4.64. The standard InChI is InChI=1S/C24H22BrF3N5O2P.C2H6O/c1-3-35-36-13-14-4-6-15(7-5-14)30-23-29-12-17(24(26,27)28)21(32-23)31-19-9-8-18(25)16-10-11-33(2)22(34)20(16)19;1-2-3/h4-12,36H,3,13H2,1-2H3,(H2,29,30,31,32);3H,2H2,1H3. The summed E-state index contributed by atoms with van der Waals surface area (Å²) in [6.45, 7) is 4.52. The largest absolute Gasteiger partial charge is 0.421 e. The number of aromatic nitrogens is 3. The van der Waals surface area contributed by atoms with Crippen molar-refractivity contribution in [1.82, 2.24) is 14.5 Å². The van der Waals surface area contributed by atoms with Gasteiger partial charge in [0.15, 0.2) is 0 Å². The van der Waals surface area contributed by atoms with Crippen LogP contribution in [-0.4, -0.2) is 32.9 Å². The third-order valence-corrected chi connectivity index (χ3v) is 7.01. The van der Waals surface area contributed by atoms with Gasteiger partial charge in [-0.05, 0) is 49.7 Å². The van der Waals surface area contributed by atoms with Gasteiger partial charge in [0.25, 0.3) is 5.56 Å². The Morgan fingerprint density at radius 2 is 1.79 bits per heavy atom. The molecule has 0 aliphatic carbocycles. The molecule has 2 aromatic carbocycles. The van der Waals surface area contributed by atoms with Crippen LogP contribution in [0.25, 0.3) is 10.8 Å². The number of anilines is 4. The van der Waals surface area contributed by atoms with Crippen LogP contribution in [0.5, 0.6) is 0 Å². The van der Waals surface area contributed by atoms with E-state index >= 15 is 0 Å². The first-order chi connectivity index (χ1) is 18.6. The lowest BCUT2D eigenvalue weighted by Crippen LogP contribution is -2.18. The highest BCUT2D eigenvalue weighted by Crippen LogP contribution is 2.37. The molecular weight excluding hydrogens is 598 g/mol. The van der Waals surface area contributed by atoms with Crippen molar-refractivity contribution in [2.75, 3.05) is 23.8 Å². The topological polar surface area (TPSA) is 101 Å². The van der Waals surface area contributed by atoms with Crippen molar-refractivity contribution >= 4 is 58.7 Å². The van der Waals surface area contributed by atoms with Crippen LogP contribution in [0.3, 0.4) is 0 Å². The highest BCUT2D eigenvalue weighted by Gasteiger charge is 2.35. The molecule has 0 amide bonds. The number of alkyl halides is 3. The second kappa shape index (κ2) is 13.8. The molecule has 39 heavy (non-hydrogen) atoms. The Bertz CT molecular complexity index is 1470. The van der Waals surface area contributed by atoms with Crippen LogP contribution in [0.15, 0.2) is 64.1 Å². The predicted octanol–water partition coefficient (Wildman–Crippen LogP) is 6.73. The monoisotopic (exact) mass is 625 g/mol. The Morgan fingerprint density at radius 1 is 1.10 bits per heavy atom. The molecule has 0 fully saturated rings. The maximum Gasteiger partial charge on any atom is 0.421 e. The number of benzene rings is 2. The van der Waals surface area contributed by atoms with Crippen LogP contribution in [0.4, 0.5) is 36.3 Å². The van der Waals surface area contributed by atoms with Crippen molar-refractivity contribution in [2.45, 2.75) is 26.2 Å². The van der Waals surface area contributed by atoms with E-state index in [1.807, 2.05) is 19.1 Å². The van der Waals surface area contributed by atoms with E-state index in [-0.39, 0.29) is 29.2 Å². The van der Waals surface area contributed by atoms with Gasteiger partial charge in [0.2, 0.25) is 5.95 Å². The average Bonchev–Trinajstić information content (AvgIpc) is 2.89. The molecule has 0 spiro atoms. The summed E-state index contributed by atoms with van der Waals surface area (Å²) in [6.07, 6.45) is -1.62. The lowest BCUT2D eigenvalue weighted by atomic mass is 10.1. The number of fused-ring (bicyclic) bond motifs is 1. The SMILES string of the molecule is CCO.CCOPCc1ccc(Nc2ncc(C(F)(F)F)c(Nc3ccc(Br)c4ccn(C)c(=O)c34)n2)cc1. The molecule has 3 N–H and O–H groups in total. The zero-order chi connectivity index (χ0) is 28.6. The van der Waals surface area contributed by atoms with Gasteiger partial charge in [-0.15, -0.1) is 0 Å². The predicted molar refractivity (Wildman–Crippen MR) is 153 cm³/mol. The number of nitrogens with one attached hydrogen (secondary N) is 2. The molecule has 0 saturated heterocycles. The zero-order valence-corrected chi connectivity index (χ0v) is 24.0. The Labute approximate surface area is 233 Å². The molecule has 0 bridgehead atoms. The minimum absolute atomic E-state index is 0.0243. The van der Waals surface area contributed by atoms with Crippen molar-refractivity contribution in [3.63, 3.8) is 0 Å². The summed E-state index contributed by atoms with van der Waals surface area (Å²) in [4.78, 5) is 20.8. The molecule has 2 heterocycles. The van der Waals surface area contributed by atoms with E-state index in [4.69, 9.17) is 9.63 Å². The quantitative estimate of drug-likeness (QED) is 0.147. The van der Waals surface area contributed by atoms with Crippen LogP contribution < -0.4 is 16.2 Å². The fourth-order valence-electron chi connectivity index (χ4n) is 3.47. The highest BCUT2D eigenvalue weighted by atomic mass is 79.9. The molecule has 1 atom stereocenters. The average molecular weight is 626 g/mol. The number of aliphatic hydroxyl groups excluding tert-OH is 1. The first kappa shape index (κ1) is 30.5. The number of hydrogen-bond acceptors (Lipinski definition) is 7. The Kier molecular flexibility index (Phi) is 10.8. The molecular formula is C26H28BrF3N5O3P. The molecule has 208 valence electrons. The Hall–Kier alpha value is -3.05. The smallest absolute Gasteiger partial charge is 0.397 e. The van der Waals surface area contributed by atoms with E-state index in [1.54, 1.807) is 44.4 Å². The third kappa shape index (κ3) is 7.98. The summed E-state index contributed by atoms with van der Waals surface area (Å²) >= 11 is 3.39. The zero-order valence-electron chi connectivity index (χ0n) is 21.4. The number of rotatable bonds is 8. The van der Waals surface area contributed by atoms with Gasteiger partial charge in [-0.3, -0.25) is 4.79 Å². The van der Waals surface area contributed by atoms with Crippen molar-refractivity contribution in [3.8, 4) is 0 Å². The first-order valence-corrected chi connectivity index (χ1v) is 13.8. The molecule has 0 saturated carbocycles. The van der Waals surface area contributed by atoms with Crippen LogP contribution in [0, 0.1) is 0 Å². The summed E-state index contributed by atoms with van der Waals surface area (Å²) in [5.41, 5.74) is 0.481. The number of pyridine rings is 1. The van der Waals surface area contributed by atoms with Crippen molar-refractivity contribution in [3.05, 3.63) is 80.8 Å². The van der Waals surface area contributed by atoms with Crippen LogP contribution in [-0.2, 0) is 23.9 Å². The molecule has 0 aliphatic heterocycles. The Morgan fingerprint density at radius 3 is 2.44 bits per heavy atom. The molecule has 4 aromatic rings. The van der Waals surface area contributed by atoms with Gasteiger partial charge in [0.05, 0.1) is 11.1 Å². The normalized spacial score (nSPS) is 11.5. The summed E-state index contributed by atoms with van der Waals surface area (Å²) in [7, 11) is 1.93. The minimum atomic E-state index is -4.71. The number of aryl methyl sites for hydroxylation is 1. The van der Waals surface area contributed by atoms with Gasteiger partial charge in [0.1, 0.15) is 11.4 Å². The number of halogens is 4. The molecule has 1 unspecified atom stereocenters. The number of hydrogen-bond donors (Lipinski definition) is 3. The van der Waals surface area contributed by atoms with E-state index in [1.165, 1.54) is 10.6 Å². The van der Waals surface area contributed by atoms with E-state index < -0.39 is 17.6 Å². The molecule has 4 rings (SSSR count). The highest BCUT2D eigenvalue weighted by molar-refractivity contribution is 9.10. The number of aliphatic hydroxyl groups is 1. The lowest BCUT2D eigenvalue weighted by molar-refractivity contribution is -0.137. The van der Waals surface area contributed by atoms with Crippen LogP contribution in [0.1, 0.15) is 25.0 Å².